The van der Waals surface area contributed by atoms with Gasteiger partial charge in [0.05, 0.1) is 7.11 Å². The quantitative estimate of drug-likeness (QED) is 0.916. The maximum Gasteiger partial charge on any atom is 0.134 e. The van der Waals surface area contributed by atoms with Crippen LogP contribution >= 0.6 is 0 Å². The molecule has 0 spiro atoms. The van der Waals surface area contributed by atoms with Crippen LogP contribution in [-0.2, 0) is 0 Å². The molecule has 1 aromatic carbocycles. The van der Waals surface area contributed by atoms with E-state index < -0.39 is 0 Å². The number of nitrogens with one attached hydrogen (secondary N) is 1. The summed E-state index contributed by atoms with van der Waals surface area (Å²) in [4.78, 5) is 7.03. The summed E-state index contributed by atoms with van der Waals surface area (Å²) < 4.78 is 5.43. The molecule has 1 aliphatic heterocycles. The molecule has 0 radical (unpaired) electrons. The first-order valence-electron chi connectivity index (χ1n) is 7.68. The molecule has 21 heavy (non-hydrogen) atoms. The van der Waals surface area contributed by atoms with E-state index in [0.29, 0.717) is 6.04 Å². The fraction of sp³-hybridized carbons (Fsp3) is 0.471. The molecule has 0 aliphatic carbocycles. The normalized spacial score (nSPS) is 17.0. The predicted octanol–water partition coefficient (Wildman–Crippen LogP) is 3.14. The van der Waals surface area contributed by atoms with Crippen molar-refractivity contribution in [1.29, 1.82) is 0 Å². The van der Waals surface area contributed by atoms with E-state index >= 15 is 0 Å². The number of rotatable bonds is 5. The summed E-state index contributed by atoms with van der Waals surface area (Å²) in [5, 5.41) is 5.77. The van der Waals surface area contributed by atoms with Crippen molar-refractivity contribution in [2.75, 3.05) is 32.1 Å². The van der Waals surface area contributed by atoms with Crippen molar-refractivity contribution in [3.8, 4) is 5.75 Å². The van der Waals surface area contributed by atoms with Gasteiger partial charge in [0.15, 0.2) is 0 Å². The van der Waals surface area contributed by atoms with E-state index in [4.69, 9.17) is 4.74 Å². The lowest BCUT2D eigenvalue weighted by molar-refractivity contribution is 0.327. The average molecular weight is 285 g/mol. The first kappa shape index (κ1) is 14.1. The van der Waals surface area contributed by atoms with Gasteiger partial charge in [-0.3, -0.25) is 0 Å². The van der Waals surface area contributed by atoms with Gasteiger partial charge in [0.2, 0.25) is 0 Å². The molecular formula is C17H23N3O. The van der Waals surface area contributed by atoms with E-state index in [1.165, 1.54) is 25.9 Å². The van der Waals surface area contributed by atoms with Gasteiger partial charge < -0.3 is 15.0 Å². The highest BCUT2D eigenvalue weighted by Crippen LogP contribution is 2.29. The molecule has 1 N–H and O–H groups in total. The third kappa shape index (κ3) is 3.10. The Balaban J connectivity index is 1.80. The molecule has 1 aliphatic rings. The summed E-state index contributed by atoms with van der Waals surface area (Å²) in [6, 6.07) is 8.48. The minimum Gasteiger partial charge on any atom is -0.496 e. The largest absolute Gasteiger partial charge is 0.496 e. The number of hydrogen-bond donors (Lipinski definition) is 1. The van der Waals surface area contributed by atoms with Crippen LogP contribution in [0.3, 0.4) is 0 Å². The summed E-state index contributed by atoms with van der Waals surface area (Å²) in [6.07, 6.45) is 4.50. The number of nitrogens with zero attached hydrogens (tertiary/aromatic N) is 2. The number of pyridine rings is 1. The molecule has 2 heterocycles. The Morgan fingerprint density at radius 2 is 2.05 bits per heavy atom. The molecule has 1 aromatic heterocycles. The minimum atomic E-state index is 0.382. The summed E-state index contributed by atoms with van der Waals surface area (Å²) in [6.45, 7) is 5.74. The fourth-order valence-electron chi connectivity index (χ4n) is 3.10. The zero-order valence-corrected chi connectivity index (χ0v) is 12.8. The Morgan fingerprint density at radius 3 is 2.81 bits per heavy atom. The number of aromatic nitrogens is 1. The lowest BCUT2D eigenvalue weighted by Crippen LogP contribution is -2.33. The third-order valence-electron chi connectivity index (χ3n) is 4.10. The molecule has 2 aromatic rings. The van der Waals surface area contributed by atoms with Gasteiger partial charge in [-0.1, -0.05) is 12.1 Å². The number of anilines is 1. The molecule has 4 nitrogen and oxygen atoms in total. The molecule has 1 fully saturated rings. The van der Waals surface area contributed by atoms with E-state index in [0.717, 1.165) is 28.9 Å². The van der Waals surface area contributed by atoms with Gasteiger partial charge in [-0.25, -0.2) is 4.98 Å². The molecule has 0 bridgehead atoms. The van der Waals surface area contributed by atoms with Crippen molar-refractivity contribution in [2.45, 2.75) is 25.8 Å². The van der Waals surface area contributed by atoms with Gasteiger partial charge in [0, 0.05) is 29.6 Å². The van der Waals surface area contributed by atoms with Gasteiger partial charge in [-0.15, -0.1) is 0 Å². The van der Waals surface area contributed by atoms with Crippen LogP contribution in [0, 0.1) is 0 Å². The first-order valence-corrected chi connectivity index (χ1v) is 7.68. The molecule has 0 saturated carbocycles. The van der Waals surface area contributed by atoms with Gasteiger partial charge >= 0.3 is 0 Å². The van der Waals surface area contributed by atoms with Gasteiger partial charge in [-0.2, -0.15) is 0 Å². The van der Waals surface area contributed by atoms with E-state index in [1.54, 1.807) is 7.11 Å². The Hall–Kier alpha value is -1.81. The maximum atomic E-state index is 5.43. The van der Waals surface area contributed by atoms with Gasteiger partial charge in [0.1, 0.15) is 11.6 Å². The van der Waals surface area contributed by atoms with Crippen LogP contribution in [0.5, 0.6) is 5.75 Å². The number of likely N-dealkylation sites (tertiary alicyclic amines) is 1. The SMILES string of the molecule is COc1cccc2c(NC(C)CN3CCCC3)nccc12. The third-order valence-corrected chi connectivity index (χ3v) is 4.10. The van der Waals surface area contributed by atoms with E-state index in [1.807, 2.05) is 24.4 Å². The molecular weight excluding hydrogens is 262 g/mol. The van der Waals surface area contributed by atoms with Crippen molar-refractivity contribution >= 4 is 16.6 Å². The smallest absolute Gasteiger partial charge is 0.134 e. The standard InChI is InChI=1S/C17H23N3O/c1-13(12-20-10-3-4-11-20)19-17-15-6-5-7-16(21-2)14(15)8-9-18-17/h5-9,13H,3-4,10-12H2,1-2H3,(H,18,19). The van der Waals surface area contributed by atoms with Crippen LogP contribution in [0.1, 0.15) is 19.8 Å². The van der Waals surface area contributed by atoms with Crippen molar-refractivity contribution < 1.29 is 4.74 Å². The Kier molecular flexibility index (Phi) is 4.25. The van der Waals surface area contributed by atoms with Crippen molar-refractivity contribution in [3.05, 3.63) is 30.5 Å². The van der Waals surface area contributed by atoms with Gasteiger partial charge in [0.25, 0.3) is 0 Å². The summed E-state index contributed by atoms with van der Waals surface area (Å²) in [7, 11) is 1.71. The average Bonchev–Trinajstić information content (AvgIpc) is 2.99. The molecule has 4 heteroatoms. The number of methoxy groups -OCH3 is 1. The molecule has 1 atom stereocenters. The van der Waals surface area contributed by atoms with Crippen LogP contribution in [0.15, 0.2) is 30.5 Å². The Labute approximate surface area is 126 Å². The predicted molar refractivity (Wildman–Crippen MR) is 87.1 cm³/mol. The second-order valence-corrected chi connectivity index (χ2v) is 5.77. The molecule has 1 unspecified atom stereocenters. The lowest BCUT2D eigenvalue weighted by atomic mass is 10.1. The lowest BCUT2D eigenvalue weighted by Gasteiger charge is -2.22. The van der Waals surface area contributed by atoms with Crippen LogP contribution in [0.25, 0.3) is 10.8 Å². The number of benzene rings is 1. The Morgan fingerprint density at radius 1 is 1.24 bits per heavy atom. The highest BCUT2D eigenvalue weighted by atomic mass is 16.5. The van der Waals surface area contributed by atoms with E-state index in [2.05, 4.69) is 28.2 Å². The monoisotopic (exact) mass is 285 g/mol. The molecule has 0 amide bonds. The second-order valence-electron chi connectivity index (χ2n) is 5.77. The second kappa shape index (κ2) is 6.31. The summed E-state index contributed by atoms with van der Waals surface area (Å²) in [5.74, 6) is 1.84. The van der Waals surface area contributed by atoms with E-state index in [9.17, 15) is 0 Å². The zero-order chi connectivity index (χ0) is 14.7. The number of fused-ring (bicyclic) bond motifs is 1. The molecule has 112 valence electrons. The highest BCUT2D eigenvalue weighted by Gasteiger charge is 2.15. The zero-order valence-electron chi connectivity index (χ0n) is 12.8. The molecule has 3 rings (SSSR count). The van der Waals surface area contributed by atoms with Crippen LogP contribution in [0.2, 0.25) is 0 Å². The number of ether oxygens (including phenoxy) is 1. The van der Waals surface area contributed by atoms with Crippen molar-refractivity contribution in [3.63, 3.8) is 0 Å². The fourth-order valence-corrected chi connectivity index (χ4v) is 3.10. The van der Waals surface area contributed by atoms with Crippen LogP contribution < -0.4 is 10.1 Å². The molecule has 1 saturated heterocycles. The van der Waals surface area contributed by atoms with Gasteiger partial charge in [-0.05, 0) is 45.0 Å². The first-order chi connectivity index (χ1) is 10.3. The highest BCUT2D eigenvalue weighted by molar-refractivity contribution is 5.95. The minimum absolute atomic E-state index is 0.382. The number of hydrogen-bond acceptors (Lipinski definition) is 4. The van der Waals surface area contributed by atoms with Crippen molar-refractivity contribution in [1.82, 2.24) is 9.88 Å². The van der Waals surface area contributed by atoms with E-state index in [-0.39, 0.29) is 0 Å². The topological polar surface area (TPSA) is 37.4 Å². The summed E-state index contributed by atoms with van der Waals surface area (Å²) >= 11 is 0. The van der Waals surface area contributed by atoms with Crippen molar-refractivity contribution in [2.24, 2.45) is 0 Å². The Bertz CT molecular complexity index is 608. The maximum absolute atomic E-state index is 5.43. The van der Waals surface area contributed by atoms with Crippen LogP contribution in [0.4, 0.5) is 5.82 Å². The van der Waals surface area contributed by atoms with Crippen LogP contribution in [-0.4, -0.2) is 42.7 Å². The summed E-state index contributed by atoms with van der Waals surface area (Å²) in [5.41, 5.74) is 0.